The molecule has 3 rings (SSSR count). The van der Waals surface area contributed by atoms with Crippen LogP contribution in [0.2, 0.25) is 0 Å². The predicted octanol–water partition coefficient (Wildman–Crippen LogP) is 5.25. The Bertz CT molecular complexity index is 957. The highest BCUT2D eigenvalue weighted by molar-refractivity contribution is 8.01. The molecule has 1 heterocycles. The molecule has 0 saturated carbocycles. The Morgan fingerprint density at radius 3 is 2.48 bits per heavy atom. The van der Waals surface area contributed by atoms with Crippen molar-refractivity contribution in [3.8, 4) is 6.07 Å². The number of hydrogen-bond donors (Lipinski definition) is 1. The number of hydrogen-bond acceptors (Lipinski definition) is 7. The van der Waals surface area contributed by atoms with Gasteiger partial charge in [0.2, 0.25) is 5.13 Å². The summed E-state index contributed by atoms with van der Waals surface area (Å²) in [5, 5.41) is 21.0. The van der Waals surface area contributed by atoms with Gasteiger partial charge in [-0.05, 0) is 35.7 Å². The standard InChI is InChI=1S/C20H18N4OS2/c1-13(2)15-7-9-17(10-8-15)22-19-23-24-20(27-19)26-12-18(25)16-5-3-14(11-21)4-6-16/h3-10,13H,12H2,1-2H3,(H,22,23). The van der Waals surface area contributed by atoms with E-state index < -0.39 is 0 Å². The van der Waals surface area contributed by atoms with Crippen LogP contribution in [0.1, 0.15) is 41.3 Å². The monoisotopic (exact) mass is 394 g/mol. The third-order valence-electron chi connectivity index (χ3n) is 3.90. The van der Waals surface area contributed by atoms with E-state index in [0.717, 1.165) is 10.0 Å². The zero-order chi connectivity index (χ0) is 19.2. The van der Waals surface area contributed by atoms with E-state index in [4.69, 9.17) is 5.26 Å². The van der Waals surface area contributed by atoms with Gasteiger partial charge in [-0.25, -0.2) is 0 Å². The maximum atomic E-state index is 12.2. The van der Waals surface area contributed by atoms with E-state index in [2.05, 4.69) is 41.5 Å². The summed E-state index contributed by atoms with van der Waals surface area (Å²) in [5.74, 6) is 0.777. The van der Waals surface area contributed by atoms with Gasteiger partial charge >= 0.3 is 0 Å². The molecule has 0 radical (unpaired) electrons. The number of thioether (sulfide) groups is 1. The van der Waals surface area contributed by atoms with Gasteiger partial charge in [-0.15, -0.1) is 10.2 Å². The average molecular weight is 395 g/mol. The maximum absolute atomic E-state index is 12.2. The summed E-state index contributed by atoms with van der Waals surface area (Å²) in [6.45, 7) is 4.33. The number of Topliss-reactive ketones (excluding diaryl/α,β-unsaturated/α-hetero) is 1. The molecule has 0 amide bonds. The molecule has 0 fully saturated rings. The van der Waals surface area contributed by atoms with Crippen LogP contribution in [0.4, 0.5) is 10.8 Å². The fourth-order valence-electron chi connectivity index (χ4n) is 2.33. The van der Waals surface area contributed by atoms with Crippen LogP contribution >= 0.6 is 23.1 Å². The first-order chi connectivity index (χ1) is 13.0. The van der Waals surface area contributed by atoms with Crippen molar-refractivity contribution >= 4 is 39.7 Å². The van der Waals surface area contributed by atoms with E-state index in [0.29, 0.717) is 22.2 Å². The van der Waals surface area contributed by atoms with E-state index in [1.54, 1.807) is 24.3 Å². The second-order valence-electron chi connectivity index (χ2n) is 6.18. The van der Waals surface area contributed by atoms with Gasteiger partial charge in [-0.3, -0.25) is 4.79 Å². The fraction of sp³-hybridized carbons (Fsp3) is 0.200. The lowest BCUT2D eigenvalue weighted by atomic mass is 10.0. The molecule has 3 aromatic rings. The number of rotatable bonds is 7. The van der Waals surface area contributed by atoms with Crippen LogP contribution < -0.4 is 5.32 Å². The minimum absolute atomic E-state index is 0.00141. The Hall–Kier alpha value is -2.69. The van der Waals surface area contributed by atoms with Crippen LogP contribution in [0.15, 0.2) is 52.9 Å². The highest BCUT2D eigenvalue weighted by atomic mass is 32.2. The summed E-state index contributed by atoms with van der Waals surface area (Å²) in [7, 11) is 0. The number of nitriles is 1. The summed E-state index contributed by atoms with van der Waals surface area (Å²) in [4.78, 5) is 12.2. The molecule has 1 aromatic heterocycles. The van der Waals surface area contributed by atoms with Gasteiger partial charge in [0, 0.05) is 11.3 Å². The van der Waals surface area contributed by atoms with Crippen LogP contribution in [0.25, 0.3) is 0 Å². The average Bonchev–Trinajstić information content (AvgIpc) is 3.14. The van der Waals surface area contributed by atoms with Crippen LogP contribution in [0.5, 0.6) is 0 Å². The van der Waals surface area contributed by atoms with Gasteiger partial charge in [0.15, 0.2) is 10.1 Å². The number of aromatic nitrogens is 2. The van der Waals surface area contributed by atoms with Gasteiger partial charge in [0.1, 0.15) is 0 Å². The zero-order valence-electron chi connectivity index (χ0n) is 15.0. The molecule has 2 aromatic carbocycles. The molecule has 0 bridgehead atoms. The fourth-order valence-corrected chi connectivity index (χ4v) is 4.00. The van der Waals surface area contributed by atoms with E-state index in [1.807, 2.05) is 18.2 Å². The Balaban J connectivity index is 1.55. The first-order valence-electron chi connectivity index (χ1n) is 8.42. The lowest BCUT2D eigenvalue weighted by Gasteiger charge is -2.06. The molecule has 27 heavy (non-hydrogen) atoms. The van der Waals surface area contributed by atoms with Crippen LogP contribution in [0, 0.1) is 11.3 Å². The number of nitrogens with one attached hydrogen (secondary N) is 1. The number of anilines is 2. The lowest BCUT2D eigenvalue weighted by Crippen LogP contribution is -2.01. The molecule has 0 aliphatic heterocycles. The Morgan fingerprint density at radius 1 is 1.15 bits per heavy atom. The molecule has 0 aliphatic carbocycles. The van der Waals surface area contributed by atoms with Crippen molar-refractivity contribution in [2.75, 3.05) is 11.1 Å². The second-order valence-corrected chi connectivity index (χ2v) is 8.38. The van der Waals surface area contributed by atoms with Crippen molar-refractivity contribution in [3.05, 3.63) is 65.2 Å². The maximum Gasteiger partial charge on any atom is 0.210 e. The van der Waals surface area contributed by atoms with Gasteiger partial charge in [-0.2, -0.15) is 5.26 Å². The first-order valence-corrected chi connectivity index (χ1v) is 10.2. The molecule has 0 aliphatic rings. The molecule has 5 nitrogen and oxygen atoms in total. The molecular formula is C20H18N4OS2. The second kappa shape index (κ2) is 8.80. The van der Waals surface area contributed by atoms with E-state index in [1.165, 1.54) is 28.7 Å². The topological polar surface area (TPSA) is 78.7 Å². The molecular weight excluding hydrogens is 376 g/mol. The highest BCUT2D eigenvalue weighted by Crippen LogP contribution is 2.28. The number of benzene rings is 2. The summed E-state index contributed by atoms with van der Waals surface area (Å²) in [6, 6.07) is 16.9. The van der Waals surface area contributed by atoms with Crippen molar-refractivity contribution in [2.24, 2.45) is 0 Å². The number of carbonyl (C=O) groups excluding carboxylic acids is 1. The van der Waals surface area contributed by atoms with Crippen molar-refractivity contribution < 1.29 is 4.79 Å². The molecule has 0 saturated heterocycles. The van der Waals surface area contributed by atoms with E-state index >= 15 is 0 Å². The smallest absolute Gasteiger partial charge is 0.210 e. The zero-order valence-corrected chi connectivity index (χ0v) is 16.6. The molecule has 7 heteroatoms. The normalized spacial score (nSPS) is 10.6. The summed E-state index contributed by atoms with van der Waals surface area (Å²) < 4.78 is 0.735. The van der Waals surface area contributed by atoms with Crippen molar-refractivity contribution in [1.82, 2.24) is 10.2 Å². The SMILES string of the molecule is CC(C)c1ccc(Nc2nnc(SCC(=O)c3ccc(C#N)cc3)s2)cc1. The molecule has 0 unspecified atom stereocenters. The highest BCUT2D eigenvalue weighted by Gasteiger charge is 2.10. The summed E-state index contributed by atoms with van der Waals surface area (Å²) in [5.41, 5.74) is 3.38. The predicted molar refractivity (Wildman–Crippen MR) is 110 cm³/mol. The van der Waals surface area contributed by atoms with Crippen molar-refractivity contribution in [2.45, 2.75) is 24.1 Å². The molecule has 136 valence electrons. The largest absolute Gasteiger partial charge is 0.330 e. The third-order valence-corrected chi connectivity index (χ3v) is 5.87. The Kier molecular flexibility index (Phi) is 6.22. The minimum Gasteiger partial charge on any atom is -0.330 e. The number of carbonyl (C=O) groups is 1. The van der Waals surface area contributed by atoms with Gasteiger partial charge in [0.25, 0.3) is 0 Å². The van der Waals surface area contributed by atoms with Gasteiger partial charge in [0.05, 0.1) is 17.4 Å². The van der Waals surface area contributed by atoms with Crippen LogP contribution in [-0.2, 0) is 0 Å². The summed E-state index contributed by atoms with van der Waals surface area (Å²) in [6.07, 6.45) is 0. The summed E-state index contributed by atoms with van der Waals surface area (Å²) >= 11 is 2.78. The van der Waals surface area contributed by atoms with Gasteiger partial charge < -0.3 is 5.32 Å². The lowest BCUT2D eigenvalue weighted by molar-refractivity contribution is 0.102. The Morgan fingerprint density at radius 2 is 1.85 bits per heavy atom. The first kappa shape index (κ1) is 19.1. The quantitative estimate of drug-likeness (QED) is 0.435. The van der Waals surface area contributed by atoms with E-state index in [-0.39, 0.29) is 11.5 Å². The van der Waals surface area contributed by atoms with Crippen molar-refractivity contribution in [1.29, 1.82) is 5.26 Å². The minimum atomic E-state index is -0.00141. The van der Waals surface area contributed by atoms with Crippen molar-refractivity contribution in [3.63, 3.8) is 0 Å². The van der Waals surface area contributed by atoms with Crippen LogP contribution in [0.3, 0.4) is 0 Å². The van der Waals surface area contributed by atoms with Gasteiger partial charge in [-0.1, -0.05) is 61.2 Å². The Labute approximate surface area is 166 Å². The van der Waals surface area contributed by atoms with Crippen LogP contribution in [-0.4, -0.2) is 21.7 Å². The number of ketones is 1. The van der Waals surface area contributed by atoms with E-state index in [9.17, 15) is 4.79 Å². The molecule has 1 N–H and O–H groups in total. The molecule has 0 atom stereocenters. The number of nitrogens with zero attached hydrogens (tertiary/aromatic N) is 3. The molecule has 0 spiro atoms. The third kappa shape index (κ3) is 5.16.